The third-order valence-electron chi connectivity index (χ3n) is 1.70. The van der Waals surface area contributed by atoms with Crippen molar-refractivity contribution in [3.05, 3.63) is 0 Å². The van der Waals surface area contributed by atoms with Crippen LogP contribution in [0.5, 0.6) is 0 Å². The van der Waals surface area contributed by atoms with Gasteiger partial charge in [-0.1, -0.05) is 0 Å². The van der Waals surface area contributed by atoms with E-state index in [-0.39, 0.29) is 0 Å². The Morgan fingerprint density at radius 3 is 2.10 bits per heavy atom. The molecule has 0 aromatic rings. The van der Waals surface area contributed by atoms with Gasteiger partial charge in [0.1, 0.15) is 0 Å². The van der Waals surface area contributed by atoms with Gasteiger partial charge in [-0.25, -0.2) is 0 Å². The molecular formula is C6H17GeNO2. The van der Waals surface area contributed by atoms with Gasteiger partial charge in [0, 0.05) is 0 Å². The van der Waals surface area contributed by atoms with E-state index in [1.165, 1.54) is 0 Å². The van der Waals surface area contributed by atoms with E-state index >= 15 is 0 Å². The summed E-state index contributed by atoms with van der Waals surface area (Å²) in [5, 5.41) is 1.03. The van der Waals surface area contributed by atoms with E-state index in [1.807, 2.05) is 0 Å². The van der Waals surface area contributed by atoms with Crippen molar-refractivity contribution < 1.29 is 7.53 Å². The Morgan fingerprint density at radius 1 is 1.30 bits per heavy atom. The summed E-state index contributed by atoms with van der Waals surface area (Å²) in [5.74, 6) is 2.09. The molecule has 0 saturated heterocycles. The van der Waals surface area contributed by atoms with Crippen LogP contribution in [-0.2, 0) is 7.53 Å². The van der Waals surface area contributed by atoms with Crippen molar-refractivity contribution in [1.82, 2.24) is 0 Å². The molecule has 0 aliphatic rings. The number of nitrogens with two attached hydrogens (primary N) is 1. The maximum atomic E-state index is 5.36. The van der Waals surface area contributed by atoms with Gasteiger partial charge in [0.2, 0.25) is 0 Å². The standard InChI is InChI=1S/C6H17GeNO2/c1-7(9-2,10-3)5-4-6-8/h4-6,8H2,1-3H3. The van der Waals surface area contributed by atoms with Gasteiger partial charge in [-0.2, -0.15) is 0 Å². The van der Waals surface area contributed by atoms with Crippen molar-refractivity contribution in [1.29, 1.82) is 0 Å². The van der Waals surface area contributed by atoms with Crippen LogP contribution in [0.4, 0.5) is 0 Å². The zero-order valence-electron chi connectivity index (χ0n) is 7.02. The quantitative estimate of drug-likeness (QED) is 0.676. The molecule has 0 saturated carbocycles. The summed E-state index contributed by atoms with van der Waals surface area (Å²) in [6.07, 6.45) is 1.01. The minimum atomic E-state index is -2.27. The van der Waals surface area contributed by atoms with E-state index in [9.17, 15) is 0 Å². The van der Waals surface area contributed by atoms with Crippen molar-refractivity contribution >= 4 is 13.9 Å². The van der Waals surface area contributed by atoms with Crippen LogP contribution in [0.25, 0.3) is 0 Å². The number of rotatable bonds is 5. The maximum absolute atomic E-state index is 5.36. The Kier molecular flexibility index (Phi) is 5.34. The summed E-state index contributed by atoms with van der Waals surface area (Å²) < 4.78 is 10.6. The molecule has 0 aliphatic heterocycles. The zero-order valence-corrected chi connectivity index (χ0v) is 9.11. The Hall–Kier alpha value is 0.423. The van der Waals surface area contributed by atoms with Crippen molar-refractivity contribution in [3.8, 4) is 0 Å². The van der Waals surface area contributed by atoms with Crippen molar-refractivity contribution in [2.75, 3.05) is 20.8 Å². The molecule has 0 atom stereocenters. The first-order chi connectivity index (χ1) is 4.68. The first-order valence-corrected chi connectivity index (χ1v) is 8.78. The van der Waals surface area contributed by atoms with Gasteiger partial charge in [0.05, 0.1) is 0 Å². The fourth-order valence-corrected chi connectivity index (χ4v) is 3.69. The molecule has 0 radical (unpaired) electrons. The molecule has 0 aliphatic carbocycles. The molecule has 0 amide bonds. The van der Waals surface area contributed by atoms with Gasteiger partial charge >= 0.3 is 65.4 Å². The molecule has 0 fully saturated rings. The van der Waals surface area contributed by atoms with Crippen molar-refractivity contribution in [2.45, 2.75) is 17.4 Å². The van der Waals surface area contributed by atoms with Gasteiger partial charge in [0.25, 0.3) is 0 Å². The van der Waals surface area contributed by atoms with Gasteiger partial charge in [-0.3, -0.25) is 0 Å². The van der Waals surface area contributed by atoms with Crippen LogP contribution >= 0.6 is 0 Å². The molecule has 4 heteroatoms. The Labute approximate surface area is 65.9 Å². The van der Waals surface area contributed by atoms with Crippen LogP contribution < -0.4 is 5.73 Å². The fraction of sp³-hybridized carbons (Fsp3) is 1.00. The van der Waals surface area contributed by atoms with E-state index in [0.29, 0.717) is 0 Å². The van der Waals surface area contributed by atoms with Gasteiger partial charge < -0.3 is 0 Å². The van der Waals surface area contributed by atoms with Crippen molar-refractivity contribution in [3.63, 3.8) is 0 Å². The van der Waals surface area contributed by atoms with Gasteiger partial charge in [-0.05, 0) is 0 Å². The molecule has 0 bridgehead atoms. The summed E-state index contributed by atoms with van der Waals surface area (Å²) in [6, 6.07) is 0. The Bertz CT molecular complexity index is 85.8. The molecule has 0 heterocycles. The first kappa shape index (κ1) is 10.4. The number of hydrogen-bond donors (Lipinski definition) is 1. The van der Waals surface area contributed by atoms with Crippen LogP contribution in [0.2, 0.25) is 11.0 Å². The van der Waals surface area contributed by atoms with Crippen molar-refractivity contribution in [2.24, 2.45) is 5.73 Å². The van der Waals surface area contributed by atoms with E-state index in [2.05, 4.69) is 5.76 Å². The fourth-order valence-electron chi connectivity index (χ4n) is 0.711. The summed E-state index contributed by atoms with van der Waals surface area (Å²) in [7, 11) is 3.44. The monoisotopic (exact) mass is 209 g/mol. The third-order valence-corrected chi connectivity index (χ3v) is 7.97. The molecule has 2 N–H and O–H groups in total. The molecule has 0 unspecified atom stereocenters. The van der Waals surface area contributed by atoms with Crippen LogP contribution in [0.15, 0.2) is 0 Å². The normalized spacial score (nSPS) is 12.0. The average Bonchev–Trinajstić information content (AvgIpc) is 2.00. The van der Waals surface area contributed by atoms with E-state index in [0.717, 1.165) is 18.2 Å². The van der Waals surface area contributed by atoms with Crippen LogP contribution in [-0.4, -0.2) is 34.7 Å². The summed E-state index contributed by atoms with van der Waals surface area (Å²) >= 11 is -2.27. The predicted molar refractivity (Wildman–Crippen MR) is 44.1 cm³/mol. The second kappa shape index (κ2) is 5.12. The van der Waals surface area contributed by atoms with E-state index in [4.69, 9.17) is 13.3 Å². The van der Waals surface area contributed by atoms with Crippen LogP contribution in [0.3, 0.4) is 0 Å². The Morgan fingerprint density at radius 2 is 1.80 bits per heavy atom. The van der Waals surface area contributed by atoms with Crippen LogP contribution in [0.1, 0.15) is 6.42 Å². The molecule has 0 aromatic carbocycles. The molecule has 3 nitrogen and oxygen atoms in total. The summed E-state index contributed by atoms with van der Waals surface area (Å²) in [5.41, 5.74) is 5.36. The molecule has 0 rings (SSSR count). The second-order valence-electron chi connectivity index (χ2n) is 2.43. The van der Waals surface area contributed by atoms with E-state index < -0.39 is 13.9 Å². The summed E-state index contributed by atoms with van der Waals surface area (Å²) in [4.78, 5) is 0. The molecule has 62 valence electrons. The summed E-state index contributed by atoms with van der Waals surface area (Å²) in [6.45, 7) is 0.730. The molecule has 0 spiro atoms. The molecule has 10 heavy (non-hydrogen) atoms. The second-order valence-corrected chi connectivity index (χ2v) is 9.95. The first-order valence-electron chi connectivity index (χ1n) is 3.49. The predicted octanol–water partition coefficient (Wildman–Crippen LogP) is 0.700. The van der Waals surface area contributed by atoms with E-state index in [1.54, 1.807) is 14.2 Å². The third kappa shape index (κ3) is 3.56. The van der Waals surface area contributed by atoms with Gasteiger partial charge in [-0.15, -0.1) is 0 Å². The average molecular weight is 208 g/mol. The molecular weight excluding hydrogens is 191 g/mol. The minimum absolute atomic E-state index is 0.730. The number of hydrogen-bond acceptors (Lipinski definition) is 3. The molecule has 0 aromatic heterocycles. The Balaban J connectivity index is 3.58. The van der Waals surface area contributed by atoms with Gasteiger partial charge in [0.15, 0.2) is 0 Å². The topological polar surface area (TPSA) is 44.5 Å². The zero-order chi connectivity index (χ0) is 8.04. The SMILES string of the molecule is C[O][Ge]([CH3])([CH2]CCN)[O]C. The van der Waals surface area contributed by atoms with Crippen LogP contribution in [0, 0.1) is 0 Å².